The predicted octanol–water partition coefficient (Wildman–Crippen LogP) is 3.86. The first-order valence-electron chi connectivity index (χ1n) is 5.50. The van der Waals surface area contributed by atoms with Crippen LogP contribution >= 0.6 is 11.6 Å². The third-order valence-electron chi connectivity index (χ3n) is 2.34. The van der Waals surface area contributed by atoms with Gasteiger partial charge in [0.25, 0.3) is 0 Å². The van der Waals surface area contributed by atoms with Crippen molar-refractivity contribution in [1.82, 2.24) is 0 Å². The lowest BCUT2D eigenvalue weighted by atomic mass is 10.1. The van der Waals surface area contributed by atoms with Crippen molar-refractivity contribution in [2.45, 2.75) is 26.4 Å². The summed E-state index contributed by atoms with van der Waals surface area (Å²) in [6.45, 7) is 3.75. The second kappa shape index (κ2) is 7.72. The van der Waals surface area contributed by atoms with Crippen LogP contribution in [-0.4, -0.2) is 12.5 Å². The van der Waals surface area contributed by atoms with Gasteiger partial charge in [-0.2, -0.15) is 0 Å². The molecule has 2 heteroatoms. The van der Waals surface area contributed by atoms with Crippen molar-refractivity contribution in [3.8, 4) is 0 Å². The maximum absolute atomic E-state index is 5.64. The Kier molecular flexibility index (Phi) is 6.45. The lowest BCUT2D eigenvalue weighted by Gasteiger charge is -2.10. The van der Waals surface area contributed by atoms with Gasteiger partial charge < -0.3 is 4.74 Å². The van der Waals surface area contributed by atoms with E-state index in [0.29, 0.717) is 12.5 Å². The van der Waals surface area contributed by atoms with Gasteiger partial charge >= 0.3 is 0 Å². The minimum Gasteiger partial charge on any atom is -0.376 e. The Morgan fingerprint density at radius 1 is 1.27 bits per heavy atom. The first-order chi connectivity index (χ1) is 7.33. The summed E-state index contributed by atoms with van der Waals surface area (Å²) in [5.74, 6) is 1.36. The molecule has 0 spiro atoms. The first kappa shape index (κ1) is 12.5. The van der Waals surface area contributed by atoms with Crippen molar-refractivity contribution in [3.63, 3.8) is 0 Å². The summed E-state index contributed by atoms with van der Waals surface area (Å²) in [6, 6.07) is 10.3. The Morgan fingerprint density at radius 3 is 2.67 bits per heavy atom. The van der Waals surface area contributed by atoms with Gasteiger partial charge in [-0.15, -0.1) is 11.6 Å². The first-order valence-corrected chi connectivity index (χ1v) is 6.04. The van der Waals surface area contributed by atoms with Crippen LogP contribution in [0.25, 0.3) is 0 Å². The molecule has 15 heavy (non-hydrogen) atoms. The van der Waals surface area contributed by atoms with Crippen molar-refractivity contribution in [1.29, 1.82) is 0 Å². The monoisotopic (exact) mass is 226 g/mol. The molecule has 0 aliphatic carbocycles. The number of alkyl halides is 1. The summed E-state index contributed by atoms with van der Waals surface area (Å²) in [5.41, 5.74) is 1.24. The average Bonchev–Trinajstić information content (AvgIpc) is 2.28. The molecule has 1 nitrogen and oxygen atoms in total. The summed E-state index contributed by atoms with van der Waals surface area (Å²) in [4.78, 5) is 0. The van der Waals surface area contributed by atoms with E-state index < -0.39 is 0 Å². The fraction of sp³-hybridized carbons (Fsp3) is 0.538. The fourth-order valence-corrected chi connectivity index (χ4v) is 1.62. The van der Waals surface area contributed by atoms with Crippen molar-refractivity contribution in [3.05, 3.63) is 35.9 Å². The van der Waals surface area contributed by atoms with E-state index in [4.69, 9.17) is 16.3 Å². The number of benzene rings is 1. The minimum absolute atomic E-state index is 0.604. The smallest absolute Gasteiger partial charge is 0.0717 e. The van der Waals surface area contributed by atoms with Gasteiger partial charge in [-0.05, 0) is 24.3 Å². The zero-order chi connectivity index (χ0) is 10.9. The number of ether oxygens (including phenoxy) is 1. The molecule has 84 valence electrons. The highest BCUT2D eigenvalue weighted by Crippen LogP contribution is 2.08. The van der Waals surface area contributed by atoms with Gasteiger partial charge in [0.1, 0.15) is 0 Å². The second-order valence-corrected chi connectivity index (χ2v) is 4.32. The van der Waals surface area contributed by atoms with E-state index in [0.717, 1.165) is 25.3 Å². The van der Waals surface area contributed by atoms with Crippen LogP contribution in [0.2, 0.25) is 0 Å². The van der Waals surface area contributed by atoms with E-state index in [9.17, 15) is 0 Å². The van der Waals surface area contributed by atoms with Gasteiger partial charge in [0.05, 0.1) is 6.61 Å². The second-order valence-electron chi connectivity index (χ2n) is 3.94. The molecular weight excluding hydrogens is 208 g/mol. The quantitative estimate of drug-likeness (QED) is 0.642. The van der Waals surface area contributed by atoms with Crippen LogP contribution in [0.3, 0.4) is 0 Å². The summed E-state index contributed by atoms with van der Waals surface area (Å²) < 4.78 is 5.64. The maximum Gasteiger partial charge on any atom is 0.0717 e. The molecule has 0 aliphatic rings. The lowest BCUT2D eigenvalue weighted by Crippen LogP contribution is -2.06. The molecule has 0 saturated carbocycles. The van der Waals surface area contributed by atoms with Crippen molar-refractivity contribution in [2.75, 3.05) is 12.5 Å². The molecule has 1 aromatic carbocycles. The summed E-state index contributed by atoms with van der Waals surface area (Å²) in [5, 5.41) is 0. The van der Waals surface area contributed by atoms with E-state index in [1.807, 2.05) is 18.2 Å². The molecule has 0 heterocycles. The minimum atomic E-state index is 0.604. The van der Waals surface area contributed by atoms with Crippen molar-refractivity contribution < 1.29 is 4.74 Å². The topological polar surface area (TPSA) is 9.23 Å². The van der Waals surface area contributed by atoms with Gasteiger partial charge in [0.15, 0.2) is 0 Å². The Labute approximate surface area is 97.4 Å². The number of hydrogen-bond donors (Lipinski definition) is 0. The molecule has 0 saturated heterocycles. The highest BCUT2D eigenvalue weighted by atomic mass is 35.5. The highest BCUT2D eigenvalue weighted by Gasteiger charge is 2.01. The highest BCUT2D eigenvalue weighted by molar-refractivity contribution is 6.17. The molecule has 0 bridgehead atoms. The molecule has 0 aliphatic heterocycles. The van der Waals surface area contributed by atoms with Gasteiger partial charge in [0, 0.05) is 12.5 Å². The zero-order valence-corrected chi connectivity index (χ0v) is 10.0. The fourth-order valence-electron chi connectivity index (χ4n) is 1.46. The maximum atomic E-state index is 5.64. The molecule has 0 aromatic heterocycles. The van der Waals surface area contributed by atoms with Crippen LogP contribution < -0.4 is 0 Å². The standard InChI is InChI=1S/C13H19ClO/c1-12(6-5-9-14)10-15-11-13-7-3-2-4-8-13/h2-4,7-8,12H,5-6,9-11H2,1H3. The Balaban J connectivity index is 2.11. The van der Waals surface area contributed by atoms with Crippen molar-refractivity contribution >= 4 is 11.6 Å². The molecule has 1 rings (SSSR count). The van der Waals surface area contributed by atoms with Crippen LogP contribution in [0.15, 0.2) is 30.3 Å². The molecule has 0 N–H and O–H groups in total. The van der Waals surface area contributed by atoms with Crippen molar-refractivity contribution in [2.24, 2.45) is 5.92 Å². The number of halogens is 1. The third kappa shape index (κ3) is 5.81. The van der Waals surface area contributed by atoms with E-state index >= 15 is 0 Å². The van der Waals surface area contributed by atoms with Crippen LogP contribution in [0.1, 0.15) is 25.3 Å². The Hall–Kier alpha value is -0.530. The average molecular weight is 227 g/mol. The SMILES string of the molecule is CC(CCCCl)COCc1ccccc1. The number of rotatable bonds is 7. The number of hydrogen-bond acceptors (Lipinski definition) is 1. The molecule has 0 radical (unpaired) electrons. The molecule has 1 atom stereocenters. The third-order valence-corrected chi connectivity index (χ3v) is 2.61. The lowest BCUT2D eigenvalue weighted by molar-refractivity contribution is 0.0894. The molecular formula is C13H19ClO. The predicted molar refractivity (Wildman–Crippen MR) is 65.2 cm³/mol. The van der Waals surface area contributed by atoms with Gasteiger partial charge in [-0.25, -0.2) is 0 Å². The van der Waals surface area contributed by atoms with Gasteiger partial charge in [-0.3, -0.25) is 0 Å². The van der Waals surface area contributed by atoms with Gasteiger partial charge in [-0.1, -0.05) is 37.3 Å². The van der Waals surface area contributed by atoms with E-state index in [1.54, 1.807) is 0 Å². The van der Waals surface area contributed by atoms with E-state index in [1.165, 1.54) is 5.56 Å². The van der Waals surface area contributed by atoms with Crippen LogP contribution in [0.5, 0.6) is 0 Å². The van der Waals surface area contributed by atoms with E-state index in [2.05, 4.69) is 19.1 Å². The van der Waals surface area contributed by atoms with Crippen LogP contribution in [-0.2, 0) is 11.3 Å². The zero-order valence-electron chi connectivity index (χ0n) is 9.29. The Morgan fingerprint density at radius 2 is 2.00 bits per heavy atom. The Bertz CT molecular complexity index is 248. The summed E-state index contributed by atoms with van der Waals surface area (Å²) in [6.07, 6.45) is 2.23. The molecule has 1 aromatic rings. The normalized spacial score (nSPS) is 12.7. The molecule has 0 fully saturated rings. The molecule has 0 amide bonds. The van der Waals surface area contributed by atoms with E-state index in [-0.39, 0.29) is 0 Å². The summed E-state index contributed by atoms with van der Waals surface area (Å²) in [7, 11) is 0. The largest absolute Gasteiger partial charge is 0.376 e. The summed E-state index contributed by atoms with van der Waals surface area (Å²) >= 11 is 5.63. The van der Waals surface area contributed by atoms with Crippen LogP contribution in [0, 0.1) is 5.92 Å². The van der Waals surface area contributed by atoms with Crippen LogP contribution in [0.4, 0.5) is 0 Å². The van der Waals surface area contributed by atoms with Gasteiger partial charge in [0.2, 0.25) is 0 Å². The molecule has 1 unspecified atom stereocenters.